The van der Waals surface area contributed by atoms with Crippen molar-refractivity contribution in [3.8, 4) is 0 Å². The van der Waals surface area contributed by atoms with Crippen molar-refractivity contribution >= 4 is 0 Å². The van der Waals surface area contributed by atoms with Crippen LogP contribution in [0.15, 0.2) is 12.7 Å². The number of hydrogen-bond acceptors (Lipinski definition) is 2. The number of hydrogen-bond donors (Lipinski definition) is 1. The maximum Gasteiger partial charge on any atom is 0.0160 e. The Labute approximate surface area is 89.4 Å². The van der Waals surface area contributed by atoms with Crippen molar-refractivity contribution in [2.45, 2.75) is 33.1 Å². The van der Waals surface area contributed by atoms with Crippen molar-refractivity contribution < 1.29 is 0 Å². The van der Waals surface area contributed by atoms with Crippen molar-refractivity contribution in [1.82, 2.24) is 10.2 Å². The zero-order valence-corrected chi connectivity index (χ0v) is 9.89. The Morgan fingerprint density at radius 1 is 1.21 bits per heavy atom. The third-order valence-corrected chi connectivity index (χ3v) is 2.26. The molecule has 0 spiro atoms. The molecule has 2 nitrogen and oxygen atoms in total. The van der Waals surface area contributed by atoms with Crippen LogP contribution in [0.3, 0.4) is 0 Å². The van der Waals surface area contributed by atoms with E-state index in [1.54, 1.807) is 0 Å². The minimum Gasteiger partial charge on any atom is -0.317 e. The molecular formula is C12H26N2. The molecule has 0 unspecified atom stereocenters. The highest BCUT2D eigenvalue weighted by atomic mass is 15.1. The lowest BCUT2D eigenvalue weighted by Gasteiger charge is -2.19. The molecule has 1 N–H and O–H groups in total. The van der Waals surface area contributed by atoms with Gasteiger partial charge in [0.15, 0.2) is 0 Å². The summed E-state index contributed by atoms with van der Waals surface area (Å²) in [5, 5.41) is 3.35. The molecule has 0 saturated carbocycles. The summed E-state index contributed by atoms with van der Waals surface area (Å²) in [6, 6.07) is 0. The highest BCUT2D eigenvalue weighted by Gasteiger charge is 1.99. The van der Waals surface area contributed by atoms with Crippen LogP contribution in [0.4, 0.5) is 0 Å². The van der Waals surface area contributed by atoms with E-state index in [-0.39, 0.29) is 0 Å². The van der Waals surface area contributed by atoms with Gasteiger partial charge in [0.05, 0.1) is 0 Å². The molecule has 0 aliphatic rings. The van der Waals surface area contributed by atoms with Gasteiger partial charge in [0.1, 0.15) is 0 Å². The zero-order chi connectivity index (χ0) is 10.6. The second-order valence-corrected chi connectivity index (χ2v) is 3.65. The van der Waals surface area contributed by atoms with Crippen LogP contribution < -0.4 is 5.32 Å². The van der Waals surface area contributed by atoms with E-state index in [0.717, 1.165) is 19.6 Å². The van der Waals surface area contributed by atoms with Gasteiger partial charge in [0.25, 0.3) is 0 Å². The van der Waals surface area contributed by atoms with Gasteiger partial charge in [-0.05, 0) is 45.4 Å². The van der Waals surface area contributed by atoms with E-state index in [9.17, 15) is 0 Å². The molecule has 0 rings (SSSR count). The summed E-state index contributed by atoms with van der Waals surface area (Å²) < 4.78 is 0. The van der Waals surface area contributed by atoms with Gasteiger partial charge in [0, 0.05) is 6.54 Å². The summed E-state index contributed by atoms with van der Waals surface area (Å²) in [4.78, 5) is 2.47. The molecule has 0 aromatic heterocycles. The van der Waals surface area contributed by atoms with Crippen molar-refractivity contribution in [2.24, 2.45) is 0 Å². The summed E-state index contributed by atoms with van der Waals surface area (Å²) in [5.74, 6) is 0. The molecule has 0 aliphatic heterocycles. The lowest BCUT2D eigenvalue weighted by Crippen LogP contribution is -2.26. The largest absolute Gasteiger partial charge is 0.317 e. The van der Waals surface area contributed by atoms with Crippen LogP contribution in [-0.2, 0) is 0 Å². The van der Waals surface area contributed by atoms with E-state index in [2.05, 4.69) is 30.6 Å². The quantitative estimate of drug-likeness (QED) is 0.428. The summed E-state index contributed by atoms with van der Waals surface area (Å²) in [7, 11) is 0. The molecule has 14 heavy (non-hydrogen) atoms. The van der Waals surface area contributed by atoms with Crippen molar-refractivity contribution in [3.05, 3.63) is 12.7 Å². The van der Waals surface area contributed by atoms with Crippen LogP contribution >= 0.6 is 0 Å². The fourth-order valence-electron chi connectivity index (χ4n) is 1.56. The van der Waals surface area contributed by atoms with E-state index in [4.69, 9.17) is 0 Å². The minimum atomic E-state index is 1.04. The van der Waals surface area contributed by atoms with Crippen molar-refractivity contribution in [2.75, 3.05) is 32.7 Å². The van der Waals surface area contributed by atoms with Gasteiger partial charge in [-0.15, -0.1) is 6.58 Å². The fraction of sp³-hybridized carbons (Fsp3) is 0.833. The second kappa shape index (κ2) is 10.7. The average molecular weight is 198 g/mol. The molecule has 0 radical (unpaired) electrons. The molecule has 0 aliphatic carbocycles. The molecule has 84 valence electrons. The first-order valence-corrected chi connectivity index (χ1v) is 5.89. The Kier molecular flexibility index (Phi) is 10.5. The predicted octanol–water partition coefficient (Wildman–Crippen LogP) is 2.27. The lowest BCUT2D eigenvalue weighted by atomic mass is 10.2. The summed E-state index contributed by atoms with van der Waals surface area (Å²) >= 11 is 0. The molecule has 0 atom stereocenters. The predicted molar refractivity (Wildman–Crippen MR) is 64.7 cm³/mol. The van der Waals surface area contributed by atoms with Crippen LogP contribution in [0.1, 0.15) is 33.1 Å². The highest BCUT2D eigenvalue weighted by Crippen LogP contribution is 1.96. The molecule has 2 heteroatoms. The van der Waals surface area contributed by atoms with Crippen LogP contribution in [0.5, 0.6) is 0 Å². The topological polar surface area (TPSA) is 15.3 Å². The van der Waals surface area contributed by atoms with Crippen molar-refractivity contribution in [3.63, 3.8) is 0 Å². The summed E-state index contributed by atoms with van der Waals surface area (Å²) in [6.07, 6.45) is 5.81. The Hall–Kier alpha value is -0.340. The average Bonchev–Trinajstić information content (AvgIpc) is 2.18. The van der Waals surface area contributed by atoms with Gasteiger partial charge < -0.3 is 5.32 Å². The van der Waals surface area contributed by atoms with E-state index < -0.39 is 0 Å². The van der Waals surface area contributed by atoms with Gasteiger partial charge in [-0.3, -0.25) is 4.90 Å². The third-order valence-electron chi connectivity index (χ3n) is 2.26. The number of unbranched alkanes of at least 4 members (excludes halogenated alkanes) is 1. The van der Waals surface area contributed by atoms with Gasteiger partial charge in [-0.1, -0.05) is 19.9 Å². The standard InChI is InChI=1S/C12H26N2/c1-4-10-14(11-5-2)12-8-7-9-13-6-3/h4,13H,1,5-12H2,2-3H3. The first-order valence-electron chi connectivity index (χ1n) is 5.89. The van der Waals surface area contributed by atoms with E-state index in [0.29, 0.717) is 0 Å². The Bertz CT molecular complexity index is 123. The summed E-state index contributed by atoms with van der Waals surface area (Å²) in [6.45, 7) is 13.9. The van der Waals surface area contributed by atoms with E-state index in [1.807, 2.05) is 6.08 Å². The van der Waals surface area contributed by atoms with E-state index >= 15 is 0 Å². The molecule has 0 aromatic carbocycles. The first-order chi connectivity index (χ1) is 6.85. The maximum atomic E-state index is 3.79. The molecule has 0 heterocycles. The van der Waals surface area contributed by atoms with Crippen LogP contribution in [0.25, 0.3) is 0 Å². The molecule has 0 bridgehead atoms. The molecule has 0 fully saturated rings. The number of nitrogens with one attached hydrogen (secondary N) is 1. The monoisotopic (exact) mass is 198 g/mol. The molecule has 0 saturated heterocycles. The van der Waals surface area contributed by atoms with Gasteiger partial charge in [-0.25, -0.2) is 0 Å². The SMILES string of the molecule is C=CCN(CCC)CCCCNCC. The third kappa shape index (κ3) is 8.27. The van der Waals surface area contributed by atoms with Crippen LogP contribution in [-0.4, -0.2) is 37.6 Å². The Balaban J connectivity index is 3.35. The minimum absolute atomic E-state index is 1.04. The van der Waals surface area contributed by atoms with Crippen LogP contribution in [0, 0.1) is 0 Å². The Morgan fingerprint density at radius 2 is 2.00 bits per heavy atom. The van der Waals surface area contributed by atoms with Gasteiger partial charge in [-0.2, -0.15) is 0 Å². The van der Waals surface area contributed by atoms with Gasteiger partial charge in [0.2, 0.25) is 0 Å². The summed E-state index contributed by atoms with van der Waals surface area (Å²) in [5.41, 5.74) is 0. The number of nitrogens with zero attached hydrogens (tertiary/aromatic N) is 1. The normalized spacial score (nSPS) is 10.8. The lowest BCUT2D eigenvalue weighted by molar-refractivity contribution is 0.296. The zero-order valence-electron chi connectivity index (χ0n) is 9.89. The van der Waals surface area contributed by atoms with Crippen molar-refractivity contribution in [1.29, 1.82) is 0 Å². The highest BCUT2D eigenvalue weighted by molar-refractivity contribution is 4.73. The second-order valence-electron chi connectivity index (χ2n) is 3.65. The van der Waals surface area contributed by atoms with Gasteiger partial charge >= 0.3 is 0 Å². The molecular weight excluding hydrogens is 172 g/mol. The molecule has 0 aromatic rings. The Morgan fingerprint density at radius 3 is 2.57 bits per heavy atom. The smallest absolute Gasteiger partial charge is 0.0160 e. The fourth-order valence-corrected chi connectivity index (χ4v) is 1.56. The molecule has 0 amide bonds. The maximum absolute atomic E-state index is 3.79. The van der Waals surface area contributed by atoms with E-state index in [1.165, 1.54) is 32.4 Å². The number of rotatable bonds is 10. The van der Waals surface area contributed by atoms with Crippen LogP contribution in [0.2, 0.25) is 0 Å². The first kappa shape index (κ1) is 13.7.